The summed E-state index contributed by atoms with van der Waals surface area (Å²) in [5.41, 5.74) is 6.35. The molecule has 61 heavy (non-hydrogen) atoms. The largest absolute Gasteiger partial charge is 0.494 e. The number of nitrogens with one attached hydrogen (secondary N) is 5. The standard InChI is InChI=1S/C44H55ClN9O5PS/c1-28-40(61-27-49-28)30-14-12-29(13-15-30)36(52-43(56)59-44(2,3)4)25-39(55)47-21-20-46-31-18-22-54(23-19-31)32-16-17-34(37(24-32)58-5)51-42-48-26-33(45)41(53-42)50-35-10-8-9-11-38(35)60(6,7)57/h8-17,24,26-27,31,36,46H,18-23,25H2,1-7H3,(H,47,55)(H,52,56)(H2,48,50,51,53)/t36-/m0/s1. The summed E-state index contributed by atoms with van der Waals surface area (Å²) in [6.45, 7) is 13.6. The number of para-hydroxylation sites is 1. The lowest BCUT2D eigenvalue weighted by molar-refractivity contribution is -0.121. The van der Waals surface area contributed by atoms with E-state index in [4.69, 9.17) is 21.1 Å². The molecule has 0 saturated carbocycles. The number of aryl methyl sites for hydroxylation is 1. The second-order valence-electron chi connectivity index (χ2n) is 16.2. The van der Waals surface area contributed by atoms with Gasteiger partial charge in [0.05, 0.1) is 53.2 Å². The molecule has 3 aromatic carbocycles. The molecule has 324 valence electrons. The predicted molar refractivity (Wildman–Crippen MR) is 247 cm³/mol. The lowest BCUT2D eigenvalue weighted by Gasteiger charge is -2.34. The molecule has 5 aromatic rings. The Balaban J connectivity index is 0.981. The zero-order valence-corrected chi connectivity index (χ0v) is 38.1. The summed E-state index contributed by atoms with van der Waals surface area (Å²) in [5, 5.41) is 17.0. The average Bonchev–Trinajstić information content (AvgIpc) is 3.65. The van der Waals surface area contributed by atoms with Gasteiger partial charge in [-0.25, -0.2) is 14.8 Å². The van der Waals surface area contributed by atoms with Crippen LogP contribution in [-0.2, 0) is 14.1 Å². The van der Waals surface area contributed by atoms with Crippen molar-refractivity contribution in [3.05, 3.63) is 94.7 Å². The number of hydrogen-bond donors (Lipinski definition) is 5. The van der Waals surface area contributed by atoms with Gasteiger partial charge in [-0.2, -0.15) is 4.98 Å². The molecule has 5 N–H and O–H groups in total. The summed E-state index contributed by atoms with van der Waals surface area (Å²) in [4.78, 5) is 42.7. The van der Waals surface area contributed by atoms with E-state index in [0.717, 1.165) is 53.3 Å². The van der Waals surface area contributed by atoms with Gasteiger partial charge in [0.25, 0.3) is 0 Å². The van der Waals surface area contributed by atoms with Gasteiger partial charge in [0.1, 0.15) is 23.5 Å². The molecule has 2 amide bonds. The predicted octanol–water partition coefficient (Wildman–Crippen LogP) is 8.64. The Bertz CT molecular complexity index is 2340. The number of carbonyl (C=O) groups is 2. The Labute approximate surface area is 367 Å². The summed E-state index contributed by atoms with van der Waals surface area (Å²) >= 11 is 8.05. The number of halogens is 1. The number of amides is 2. The lowest BCUT2D eigenvalue weighted by Crippen LogP contribution is -2.45. The maximum atomic E-state index is 13.2. The molecule has 1 aliphatic heterocycles. The maximum absolute atomic E-state index is 13.2. The van der Waals surface area contributed by atoms with E-state index >= 15 is 0 Å². The van der Waals surface area contributed by atoms with E-state index in [0.29, 0.717) is 58.3 Å². The van der Waals surface area contributed by atoms with Crippen LogP contribution in [0.15, 0.2) is 78.4 Å². The molecule has 1 saturated heterocycles. The maximum Gasteiger partial charge on any atom is 0.408 e. The number of thiazole rings is 1. The number of rotatable bonds is 16. The molecule has 0 bridgehead atoms. The number of anilines is 5. The van der Waals surface area contributed by atoms with E-state index in [1.165, 1.54) is 6.20 Å². The van der Waals surface area contributed by atoms with Gasteiger partial charge < -0.3 is 45.5 Å². The summed E-state index contributed by atoms with van der Waals surface area (Å²) in [6.07, 6.45) is 2.86. The SMILES string of the molecule is COc1cc(N2CCC(NCCNC(=O)C[C@H](NC(=O)OC(C)(C)C)c3ccc(-c4scnc4C)cc3)CC2)ccc1Nc1ncc(Cl)c(Nc2ccccc2P(C)(C)=O)n1. The van der Waals surface area contributed by atoms with Gasteiger partial charge in [-0.05, 0) is 89.3 Å². The van der Waals surface area contributed by atoms with Crippen molar-refractivity contribution in [3.8, 4) is 16.2 Å². The third kappa shape index (κ3) is 12.7. The molecule has 17 heteroatoms. The molecular formula is C44H55ClN9O5PS. The molecule has 3 heterocycles. The highest BCUT2D eigenvalue weighted by Gasteiger charge is 2.24. The van der Waals surface area contributed by atoms with E-state index in [9.17, 15) is 14.2 Å². The molecule has 1 atom stereocenters. The van der Waals surface area contributed by atoms with Gasteiger partial charge in [0, 0.05) is 49.3 Å². The summed E-state index contributed by atoms with van der Waals surface area (Å²) in [6, 6.07) is 21.0. The number of piperidine rings is 1. The summed E-state index contributed by atoms with van der Waals surface area (Å²) in [7, 11) is -0.934. The smallest absolute Gasteiger partial charge is 0.408 e. The van der Waals surface area contributed by atoms with Crippen LogP contribution >= 0.6 is 30.1 Å². The number of hydrogen-bond acceptors (Lipinski definition) is 13. The highest BCUT2D eigenvalue weighted by molar-refractivity contribution is 7.70. The number of ether oxygens (including phenoxy) is 2. The van der Waals surface area contributed by atoms with E-state index < -0.39 is 24.9 Å². The molecule has 14 nitrogen and oxygen atoms in total. The lowest BCUT2D eigenvalue weighted by atomic mass is 10.0. The fourth-order valence-electron chi connectivity index (χ4n) is 7.02. The van der Waals surface area contributed by atoms with Crippen LogP contribution in [0.4, 0.5) is 33.6 Å². The van der Waals surface area contributed by atoms with Gasteiger partial charge in [-0.15, -0.1) is 11.3 Å². The van der Waals surface area contributed by atoms with Crippen molar-refractivity contribution < 1.29 is 23.6 Å². The molecule has 0 unspecified atom stereocenters. The minimum absolute atomic E-state index is 0.0669. The van der Waals surface area contributed by atoms with Gasteiger partial charge in [-0.1, -0.05) is 48.0 Å². The first-order valence-corrected chi connectivity index (χ1v) is 24.1. The molecule has 2 aromatic heterocycles. The van der Waals surface area contributed by atoms with Crippen LogP contribution in [0.1, 0.15) is 57.3 Å². The first-order valence-electron chi connectivity index (χ1n) is 20.2. The van der Waals surface area contributed by atoms with Gasteiger partial charge in [0.15, 0.2) is 5.82 Å². The van der Waals surface area contributed by atoms with E-state index in [1.807, 2.05) is 79.2 Å². The fraction of sp³-hybridized carbons (Fsp3) is 0.386. The van der Waals surface area contributed by atoms with E-state index in [1.54, 1.807) is 52.5 Å². The normalized spacial score (nSPS) is 13.9. The summed E-state index contributed by atoms with van der Waals surface area (Å²) < 4.78 is 24.2. The number of carbonyl (C=O) groups excluding carboxylic acids is 2. The number of benzene rings is 3. The zero-order chi connectivity index (χ0) is 43.7. The van der Waals surface area contributed by atoms with Crippen molar-refractivity contribution in [1.29, 1.82) is 0 Å². The Morgan fingerprint density at radius 2 is 1.72 bits per heavy atom. The number of aromatic nitrogens is 3. The van der Waals surface area contributed by atoms with Crippen molar-refractivity contribution >= 4 is 76.2 Å². The van der Waals surface area contributed by atoms with Gasteiger partial charge in [0.2, 0.25) is 11.9 Å². The van der Waals surface area contributed by atoms with E-state index in [2.05, 4.69) is 46.4 Å². The topological polar surface area (TPSA) is 172 Å². The van der Waals surface area contributed by atoms with Gasteiger partial charge in [-0.3, -0.25) is 4.79 Å². The van der Waals surface area contributed by atoms with Crippen LogP contribution < -0.4 is 41.5 Å². The Morgan fingerprint density at radius 3 is 2.39 bits per heavy atom. The molecule has 0 radical (unpaired) electrons. The van der Waals surface area contributed by atoms with Crippen molar-refractivity contribution in [1.82, 2.24) is 30.9 Å². The molecular weight excluding hydrogens is 833 g/mol. The first-order chi connectivity index (χ1) is 29.1. The van der Waals surface area contributed by atoms with Crippen LogP contribution in [0.5, 0.6) is 5.75 Å². The first kappa shape index (κ1) is 45.3. The molecule has 0 aliphatic carbocycles. The third-order valence-electron chi connectivity index (χ3n) is 10.1. The van der Waals surface area contributed by atoms with Crippen LogP contribution in [0.25, 0.3) is 10.4 Å². The van der Waals surface area contributed by atoms with Crippen LogP contribution in [0, 0.1) is 6.92 Å². The quantitative estimate of drug-likeness (QED) is 0.0473. The highest BCUT2D eigenvalue weighted by Crippen LogP contribution is 2.39. The highest BCUT2D eigenvalue weighted by atomic mass is 35.5. The Morgan fingerprint density at radius 1 is 0.984 bits per heavy atom. The van der Waals surface area contributed by atoms with Gasteiger partial charge >= 0.3 is 6.09 Å². The summed E-state index contributed by atoms with van der Waals surface area (Å²) in [5.74, 6) is 1.17. The minimum atomic E-state index is -2.56. The zero-order valence-electron chi connectivity index (χ0n) is 35.7. The minimum Gasteiger partial charge on any atom is -0.494 e. The molecule has 1 fully saturated rings. The molecule has 0 spiro atoms. The van der Waals surface area contributed by atoms with Crippen molar-refractivity contribution in [2.24, 2.45) is 0 Å². The van der Waals surface area contributed by atoms with Crippen molar-refractivity contribution in [2.45, 2.75) is 64.6 Å². The van der Waals surface area contributed by atoms with Crippen LogP contribution in [0.3, 0.4) is 0 Å². The van der Waals surface area contributed by atoms with Crippen LogP contribution in [0.2, 0.25) is 5.02 Å². The number of nitrogens with zero attached hydrogens (tertiary/aromatic N) is 4. The number of methoxy groups -OCH3 is 1. The monoisotopic (exact) mass is 887 g/mol. The van der Waals surface area contributed by atoms with Crippen molar-refractivity contribution in [2.75, 3.05) is 62.2 Å². The van der Waals surface area contributed by atoms with Crippen LogP contribution in [-0.4, -0.2) is 85.2 Å². The third-order valence-corrected chi connectivity index (χ3v) is 12.9. The second kappa shape index (κ2) is 20.1. The number of alkyl carbamates (subject to hydrolysis) is 1. The molecule has 6 rings (SSSR count). The average molecular weight is 888 g/mol. The fourth-order valence-corrected chi connectivity index (χ4v) is 9.12. The Hall–Kier alpha value is -5.21. The van der Waals surface area contributed by atoms with E-state index in [-0.39, 0.29) is 12.3 Å². The van der Waals surface area contributed by atoms with Crippen molar-refractivity contribution in [3.63, 3.8) is 0 Å². The second-order valence-corrected chi connectivity index (χ2v) is 20.7. The Kier molecular flexibility index (Phi) is 14.9. The molecule has 1 aliphatic rings.